The number of phenols is 1. The second-order valence-electron chi connectivity index (χ2n) is 6.35. The van der Waals surface area contributed by atoms with E-state index in [1.165, 1.54) is 43.4 Å². The maximum Gasteiger partial charge on any atom is 0.119 e. The minimum absolute atomic E-state index is 0.500. The largest absolute Gasteiger partial charge is 0.508 e. The first-order valence-electron chi connectivity index (χ1n) is 7.75. The van der Waals surface area contributed by atoms with Gasteiger partial charge in [-0.15, -0.1) is 0 Å². The molecule has 3 unspecified atom stereocenters. The summed E-state index contributed by atoms with van der Waals surface area (Å²) in [5.74, 6) is 1.29. The van der Waals surface area contributed by atoms with Crippen molar-refractivity contribution in [1.82, 2.24) is 4.90 Å². The van der Waals surface area contributed by atoms with Gasteiger partial charge in [0.1, 0.15) is 5.75 Å². The summed E-state index contributed by atoms with van der Waals surface area (Å²) in [5, 5.41) is 10.1. The smallest absolute Gasteiger partial charge is 0.119 e. The predicted molar refractivity (Wildman–Crippen MR) is 78.4 cm³/mol. The van der Waals surface area contributed by atoms with Crippen molar-refractivity contribution in [3.05, 3.63) is 29.3 Å². The van der Waals surface area contributed by atoms with E-state index >= 15 is 0 Å². The Balaban J connectivity index is 1.93. The van der Waals surface area contributed by atoms with E-state index < -0.39 is 0 Å². The Labute approximate surface area is 116 Å². The Morgan fingerprint density at radius 1 is 1.16 bits per heavy atom. The van der Waals surface area contributed by atoms with Crippen molar-refractivity contribution < 1.29 is 5.11 Å². The number of hydrogen-bond acceptors (Lipinski definition) is 2. The molecule has 0 aromatic heterocycles. The van der Waals surface area contributed by atoms with Crippen LogP contribution < -0.4 is 0 Å². The molecule has 104 valence electrons. The lowest BCUT2D eigenvalue weighted by Crippen LogP contribution is -2.45. The molecule has 1 aromatic rings. The van der Waals surface area contributed by atoms with Crippen LogP contribution in [0.5, 0.6) is 5.75 Å². The number of likely N-dealkylation sites (tertiary alicyclic amines) is 1. The van der Waals surface area contributed by atoms with Crippen LogP contribution in [0.4, 0.5) is 0 Å². The first-order chi connectivity index (χ1) is 9.18. The molecule has 2 aliphatic rings. The number of benzene rings is 1. The van der Waals surface area contributed by atoms with Crippen LogP contribution in [0.3, 0.4) is 0 Å². The van der Waals surface area contributed by atoms with Gasteiger partial charge in [-0.25, -0.2) is 0 Å². The molecule has 2 nitrogen and oxygen atoms in total. The Morgan fingerprint density at radius 2 is 2.00 bits per heavy atom. The fourth-order valence-electron chi connectivity index (χ4n) is 3.96. The van der Waals surface area contributed by atoms with Gasteiger partial charge in [0, 0.05) is 12.1 Å². The number of aromatic hydroxyl groups is 1. The van der Waals surface area contributed by atoms with Gasteiger partial charge < -0.3 is 5.11 Å². The molecule has 0 radical (unpaired) electrons. The molecule has 19 heavy (non-hydrogen) atoms. The lowest BCUT2D eigenvalue weighted by atomic mass is 9.82. The molecule has 1 aliphatic heterocycles. The molecule has 0 saturated carbocycles. The van der Waals surface area contributed by atoms with Gasteiger partial charge in [0.2, 0.25) is 0 Å². The Bertz CT molecular complexity index is 457. The van der Waals surface area contributed by atoms with E-state index in [0.29, 0.717) is 17.8 Å². The first-order valence-corrected chi connectivity index (χ1v) is 7.75. The molecule has 1 saturated heterocycles. The summed E-state index contributed by atoms with van der Waals surface area (Å²) in [6.07, 6.45) is 6.16. The van der Waals surface area contributed by atoms with Crippen LogP contribution >= 0.6 is 0 Å². The molecule has 1 aliphatic carbocycles. The SMILES string of the molecule is CC1CCCN(C2CCCc3c(O)cccc32)C1C. The van der Waals surface area contributed by atoms with E-state index in [4.69, 9.17) is 0 Å². The molecule has 1 N–H and O–H groups in total. The Kier molecular flexibility index (Phi) is 3.53. The van der Waals surface area contributed by atoms with E-state index in [1.807, 2.05) is 12.1 Å². The van der Waals surface area contributed by atoms with Gasteiger partial charge in [-0.05, 0) is 68.7 Å². The number of phenolic OH excluding ortho intramolecular Hbond substituents is 1. The van der Waals surface area contributed by atoms with Gasteiger partial charge >= 0.3 is 0 Å². The summed E-state index contributed by atoms with van der Waals surface area (Å²) in [6.45, 7) is 5.97. The van der Waals surface area contributed by atoms with Gasteiger partial charge in [0.25, 0.3) is 0 Å². The van der Waals surface area contributed by atoms with Crippen molar-refractivity contribution in [2.45, 2.75) is 58.0 Å². The molecule has 1 heterocycles. The van der Waals surface area contributed by atoms with Gasteiger partial charge in [0.05, 0.1) is 0 Å². The van der Waals surface area contributed by atoms with E-state index in [2.05, 4.69) is 24.8 Å². The molecule has 2 heteroatoms. The lowest BCUT2D eigenvalue weighted by molar-refractivity contribution is 0.0592. The molecule has 1 fully saturated rings. The molecule has 0 spiro atoms. The van der Waals surface area contributed by atoms with Crippen LogP contribution in [-0.2, 0) is 6.42 Å². The van der Waals surface area contributed by atoms with Crippen molar-refractivity contribution >= 4 is 0 Å². The maximum absolute atomic E-state index is 10.1. The zero-order valence-corrected chi connectivity index (χ0v) is 12.1. The molecule has 3 rings (SSSR count). The highest BCUT2D eigenvalue weighted by atomic mass is 16.3. The van der Waals surface area contributed by atoms with Crippen molar-refractivity contribution in [2.75, 3.05) is 6.54 Å². The van der Waals surface area contributed by atoms with Crippen molar-refractivity contribution in [1.29, 1.82) is 0 Å². The number of piperidine rings is 1. The minimum Gasteiger partial charge on any atom is -0.508 e. The predicted octanol–water partition coefficient (Wildman–Crippen LogP) is 3.89. The summed E-state index contributed by atoms with van der Waals surface area (Å²) in [4.78, 5) is 2.69. The van der Waals surface area contributed by atoms with E-state index in [9.17, 15) is 5.11 Å². The highest BCUT2D eigenvalue weighted by molar-refractivity contribution is 5.42. The standard InChI is InChI=1S/C17H25NO/c1-12-6-5-11-18(13(12)2)16-9-3-8-15-14(16)7-4-10-17(15)19/h4,7,10,12-13,16,19H,3,5-6,8-9,11H2,1-2H3. The van der Waals surface area contributed by atoms with Crippen LogP contribution in [0.15, 0.2) is 18.2 Å². The number of nitrogens with zero attached hydrogens (tertiary/aromatic N) is 1. The number of hydrogen-bond donors (Lipinski definition) is 1. The molecule has 0 bridgehead atoms. The zero-order chi connectivity index (χ0) is 13.4. The summed E-state index contributed by atoms with van der Waals surface area (Å²) < 4.78 is 0. The third kappa shape index (κ3) is 2.27. The lowest BCUT2D eigenvalue weighted by Gasteiger charge is -2.45. The van der Waals surface area contributed by atoms with E-state index in [1.54, 1.807) is 0 Å². The number of rotatable bonds is 1. The highest BCUT2D eigenvalue weighted by Gasteiger charge is 2.33. The minimum atomic E-state index is 0.500. The van der Waals surface area contributed by atoms with Gasteiger partial charge in [-0.2, -0.15) is 0 Å². The fraction of sp³-hybridized carbons (Fsp3) is 0.647. The van der Waals surface area contributed by atoms with Crippen LogP contribution in [-0.4, -0.2) is 22.6 Å². The Hall–Kier alpha value is -1.02. The molecular formula is C17H25NO. The van der Waals surface area contributed by atoms with Gasteiger partial charge in [-0.1, -0.05) is 19.1 Å². The molecule has 1 aromatic carbocycles. The van der Waals surface area contributed by atoms with Crippen LogP contribution in [0.1, 0.15) is 56.7 Å². The second kappa shape index (κ2) is 5.16. The molecule has 3 atom stereocenters. The topological polar surface area (TPSA) is 23.5 Å². The normalized spacial score (nSPS) is 32.0. The highest BCUT2D eigenvalue weighted by Crippen LogP contribution is 2.41. The van der Waals surface area contributed by atoms with Crippen molar-refractivity contribution in [2.24, 2.45) is 5.92 Å². The van der Waals surface area contributed by atoms with Gasteiger partial charge in [-0.3, -0.25) is 4.90 Å². The first kappa shape index (κ1) is 13.0. The summed E-state index contributed by atoms with van der Waals surface area (Å²) in [7, 11) is 0. The third-order valence-corrected chi connectivity index (χ3v) is 5.27. The summed E-state index contributed by atoms with van der Waals surface area (Å²) >= 11 is 0. The molecule has 0 amide bonds. The average molecular weight is 259 g/mol. The monoisotopic (exact) mass is 259 g/mol. The van der Waals surface area contributed by atoms with Gasteiger partial charge in [0.15, 0.2) is 0 Å². The fourth-order valence-corrected chi connectivity index (χ4v) is 3.96. The third-order valence-electron chi connectivity index (χ3n) is 5.27. The van der Waals surface area contributed by atoms with Crippen LogP contribution in [0, 0.1) is 5.92 Å². The van der Waals surface area contributed by atoms with Crippen molar-refractivity contribution in [3.8, 4) is 5.75 Å². The zero-order valence-electron chi connectivity index (χ0n) is 12.1. The quantitative estimate of drug-likeness (QED) is 0.827. The molecular weight excluding hydrogens is 234 g/mol. The second-order valence-corrected chi connectivity index (χ2v) is 6.35. The summed E-state index contributed by atoms with van der Waals surface area (Å²) in [5.41, 5.74) is 2.58. The Morgan fingerprint density at radius 3 is 2.84 bits per heavy atom. The van der Waals surface area contributed by atoms with Crippen LogP contribution in [0.2, 0.25) is 0 Å². The average Bonchev–Trinajstić information content (AvgIpc) is 2.42. The summed E-state index contributed by atoms with van der Waals surface area (Å²) in [6, 6.07) is 7.25. The van der Waals surface area contributed by atoms with E-state index in [0.717, 1.165) is 12.3 Å². The van der Waals surface area contributed by atoms with E-state index in [-0.39, 0.29) is 0 Å². The number of fused-ring (bicyclic) bond motifs is 1. The maximum atomic E-state index is 10.1. The van der Waals surface area contributed by atoms with Crippen molar-refractivity contribution in [3.63, 3.8) is 0 Å². The van der Waals surface area contributed by atoms with Crippen LogP contribution in [0.25, 0.3) is 0 Å².